The molecule has 1 amide bonds. The van der Waals surface area contributed by atoms with Gasteiger partial charge in [0.2, 0.25) is 17.7 Å². The molecule has 5 nitrogen and oxygen atoms in total. The van der Waals surface area contributed by atoms with Crippen LogP contribution in [0.15, 0.2) is 81.7 Å². The highest BCUT2D eigenvalue weighted by molar-refractivity contribution is 9.10. The van der Waals surface area contributed by atoms with Crippen molar-refractivity contribution in [2.45, 2.75) is 13.3 Å². The molecule has 0 aliphatic carbocycles. The summed E-state index contributed by atoms with van der Waals surface area (Å²) in [6.07, 6.45) is 0.318. The van der Waals surface area contributed by atoms with Crippen molar-refractivity contribution in [1.82, 2.24) is 10.2 Å². The summed E-state index contributed by atoms with van der Waals surface area (Å²) >= 11 is 3.39. The van der Waals surface area contributed by atoms with Gasteiger partial charge in [0, 0.05) is 21.3 Å². The summed E-state index contributed by atoms with van der Waals surface area (Å²) in [7, 11) is 0. The zero-order chi connectivity index (χ0) is 20.2. The Balaban J connectivity index is 1.42. The number of halogens is 1. The van der Waals surface area contributed by atoms with E-state index >= 15 is 0 Å². The van der Waals surface area contributed by atoms with E-state index in [0.29, 0.717) is 23.9 Å². The van der Waals surface area contributed by atoms with Gasteiger partial charge in [-0.05, 0) is 61.0 Å². The van der Waals surface area contributed by atoms with Crippen molar-refractivity contribution in [2.24, 2.45) is 0 Å². The minimum atomic E-state index is -0.0699. The Hall–Kier alpha value is -3.25. The van der Waals surface area contributed by atoms with E-state index in [9.17, 15) is 4.79 Å². The Kier molecular flexibility index (Phi) is 5.53. The van der Waals surface area contributed by atoms with E-state index < -0.39 is 0 Å². The first-order chi connectivity index (χ1) is 14.1. The molecule has 0 saturated carbocycles. The molecule has 1 heterocycles. The van der Waals surface area contributed by atoms with Crippen molar-refractivity contribution in [3.8, 4) is 22.9 Å². The first-order valence-corrected chi connectivity index (χ1v) is 9.91. The van der Waals surface area contributed by atoms with Gasteiger partial charge >= 0.3 is 0 Å². The average molecular weight is 448 g/mol. The summed E-state index contributed by atoms with van der Waals surface area (Å²) < 4.78 is 6.78. The molecule has 0 aliphatic heterocycles. The van der Waals surface area contributed by atoms with Crippen molar-refractivity contribution in [1.29, 1.82) is 0 Å². The quantitative estimate of drug-likeness (QED) is 0.428. The van der Waals surface area contributed by atoms with E-state index in [1.165, 1.54) is 5.56 Å². The van der Waals surface area contributed by atoms with Crippen LogP contribution in [0.5, 0.6) is 0 Å². The van der Waals surface area contributed by atoms with E-state index in [1.807, 2.05) is 79.7 Å². The van der Waals surface area contributed by atoms with Gasteiger partial charge in [-0.3, -0.25) is 4.79 Å². The van der Waals surface area contributed by atoms with E-state index in [0.717, 1.165) is 21.2 Å². The molecule has 1 aromatic heterocycles. The van der Waals surface area contributed by atoms with Crippen molar-refractivity contribution in [3.63, 3.8) is 0 Å². The van der Waals surface area contributed by atoms with Crippen LogP contribution in [-0.4, -0.2) is 16.1 Å². The molecule has 0 fully saturated rings. The molecule has 0 bridgehead atoms. The van der Waals surface area contributed by atoms with Crippen LogP contribution in [-0.2, 0) is 11.2 Å². The lowest BCUT2D eigenvalue weighted by Crippen LogP contribution is -2.14. The number of nitrogens with zero attached hydrogens (tertiary/aromatic N) is 2. The summed E-state index contributed by atoms with van der Waals surface area (Å²) in [5.41, 5.74) is 4.52. The smallest absolute Gasteiger partial charge is 0.248 e. The molecule has 4 aromatic rings. The fraction of sp³-hybridized carbons (Fsp3) is 0.0870. The molecule has 0 aliphatic rings. The van der Waals surface area contributed by atoms with Gasteiger partial charge in [0.05, 0.1) is 6.42 Å². The zero-order valence-electron chi connectivity index (χ0n) is 15.7. The lowest BCUT2D eigenvalue weighted by Gasteiger charge is -2.06. The molecule has 0 unspecified atom stereocenters. The molecule has 0 spiro atoms. The molecule has 3 aromatic carbocycles. The number of amides is 1. The molecule has 29 heavy (non-hydrogen) atoms. The van der Waals surface area contributed by atoms with Crippen LogP contribution < -0.4 is 5.32 Å². The average Bonchev–Trinajstić information content (AvgIpc) is 3.21. The number of aromatic nitrogens is 2. The number of rotatable bonds is 5. The number of hydrogen-bond donors (Lipinski definition) is 1. The van der Waals surface area contributed by atoms with Gasteiger partial charge in [-0.2, -0.15) is 0 Å². The van der Waals surface area contributed by atoms with E-state index in [2.05, 4.69) is 31.4 Å². The number of nitrogens with one attached hydrogen (secondary N) is 1. The summed E-state index contributed by atoms with van der Waals surface area (Å²) in [5.74, 6) is 0.847. The van der Waals surface area contributed by atoms with Crippen molar-refractivity contribution >= 4 is 27.5 Å². The molecule has 0 atom stereocenters. The number of hydrogen-bond acceptors (Lipinski definition) is 4. The number of anilines is 1. The minimum Gasteiger partial charge on any atom is -0.416 e. The van der Waals surface area contributed by atoms with Crippen LogP contribution in [0.3, 0.4) is 0 Å². The van der Waals surface area contributed by atoms with E-state index in [-0.39, 0.29) is 5.91 Å². The fourth-order valence-electron chi connectivity index (χ4n) is 2.84. The minimum absolute atomic E-state index is 0.0699. The maximum atomic E-state index is 12.2. The summed E-state index contributed by atoms with van der Waals surface area (Å²) in [6, 6.07) is 23.0. The van der Waals surface area contributed by atoms with Crippen LogP contribution in [0, 0.1) is 6.92 Å². The molecule has 0 radical (unpaired) electrons. The molecular weight excluding hydrogens is 430 g/mol. The number of benzene rings is 3. The first-order valence-electron chi connectivity index (χ1n) is 9.12. The Morgan fingerprint density at radius 3 is 2.00 bits per heavy atom. The Morgan fingerprint density at radius 1 is 0.862 bits per heavy atom. The van der Waals surface area contributed by atoms with Crippen molar-refractivity contribution < 1.29 is 9.21 Å². The number of carbonyl (C=O) groups is 1. The molecule has 0 saturated heterocycles. The van der Waals surface area contributed by atoms with Crippen LogP contribution in [0.2, 0.25) is 0 Å². The topological polar surface area (TPSA) is 68.0 Å². The molecule has 4 rings (SSSR count). The maximum absolute atomic E-state index is 12.2. The van der Waals surface area contributed by atoms with Gasteiger partial charge in [0.25, 0.3) is 0 Å². The second-order valence-corrected chi connectivity index (χ2v) is 7.62. The first kappa shape index (κ1) is 19.1. The summed E-state index contributed by atoms with van der Waals surface area (Å²) in [4.78, 5) is 12.2. The fourth-order valence-corrected chi connectivity index (χ4v) is 3.11. The number of carbonyl (C=O) groups excluding carboxylic acids is 1. The SMILES string of the molecule is Cc1ccc(-c2nnc(-c3ccc(NC(=O)Cc4ccc(Br)cc4)cc3)o2)cc1. The maximum Gasteiger partial charge on any atom is 0.248 e. The predicted octanol–water partition coefficient (Wildman–Crippen LogP) is 5.66. The lowest BCUT2D eigenvalue weighted by atomic mass is 10.1. The Morgan fingerprint density at radius 2 is 1.41 bits per heavy atom. The summed E-state index contributed by atoms with van der Waals surface area (Å²) in [5, 5.41) is 11.2. The predicted molar refractivity (Wildman–Crippen MR) is 116 cm³/mol. The van der Waals surface area contributed by atoms with Gasteiger partial charge in [-0.15, -0.1) is 10.2 Å². The normalized spacial score (nSPS) is 10.7. The van der Waals surface area contributed by atoms with Gasteiger partial charge in [0.15, 0.2) is 0 Å². The van der Waals surface area contributed by atoms with Gasteiger partial charge in [-0.25, -0.2) is 0 Å². The van der Waals surface area contributed by atoms with E-state index in [1.54, 1.807) is 0 Å². The monoisotopic (exact) mass is 447 g/mol. The third kappa shape index (κ3) is 4.78. The van der Waals surface area contributed by atoms with Crippen LogP contribution in [0.25, 0.3) is 22.9 Å². The molecule has 6 heteroatoms. The van der Waals surface area contributed by atoms with Crippen LogP contribution >= 0.6 is 15.9 Å². The van der Waals surface area contributed by atoms with E-state index in [4.69, 9.17) is 4.42 Å². The largest absolute Gasteiger partial charge is 0.416 e. The Bertz CT molecular complexity index is 1120. The van der Waals surface area contributed by atoms with Crippen molar-refractivity contribution in [2.75, 3.05) is 5.32 Å². The molecular formula is C23H18BrN3O2. The highest BCUT2D eigenvalue weighted by atomic mass is 79.9. The second-order valence-electron chi connectivity index (χ2n) is 6.71. The number of aryl methyl sites for hydroxylation is 1. The van der Waals surface area contributed by atoms with Gasteiger partial charge in [-0.1, -0.05) is 45.8 Å². The van der Waals surface area contributed by atoms with Gasteiger partial charge < -0.3 is 9.73 Å². The lowest BCUT2D eigenvalue weighted by molar-refractivity contribution is -0.115. The molecule has 144 valence electrons. The van der Waals surface area contributed by atoms with Crippen LogP contribution in [0.1, 0.15) is 11.1 Å². The third-order valence-electron chi connectivity index (χ3n) is 4.42. The molecule has 1 N–H and O–H groups in total. The third-order valence-corrected chi connectivity index (χ3v) is 4.95. The van der Waals surface area contributed by atoms with Crippen molar-refractivity contribution in [3.05, 3.63) is 88.4 Å². The summed E-state index contributed by atoms with van der Waals surface area (Å²) in [6.45, 7) is 2.03. The highest BCUT2D eigenvalue weighted by Gasteiger charge is 2.11. The van der Waals surface area contributed by atoms with Gasteiger partial charge in [0.1, 0.15) is 0 Å². The Labute approximate surface area is 176 Å². The van der Waals surface area contributed by atoms with Crippen LogP contribution in [0.4, 0.5) is 5.69 Å². The zero-order valence-corrected chi connectivity index (χ0v) is 17.3. The highest BCUT2D eigenvalue weighted by Crippen LogP contribution is 2.25. The standard InChI is InChI=1S/C23H18BrN3O2/c1-15-2-6-17(7-3-15)22-26-27-23(29-22)18-8-12-20(13-9-18)25-21(28)14-16-4-10-19(24)11-5-16/h2-13H,14H2,1H3,(H,25,28). The second kappa shape index (κ2) is 8.41.